The van der Waals surface area contributed by atoms with Crippen LogP contribution >= 0.6 is 0 Å². The third-order valence-corrected chi connectivity index (χ3v) is 4.25. The molecule has 1 aromatic carbocycles. The van der Waals surface area contributed by atoms with E-state index in [0.717, 1.165) is 38.2 Å². The maximum atomic E-state index is 11.8. The molecule has 1 amide bonds. The van der Waals surface area contributed by atoms with Gasteiger partial charge in [-0.3, -0.25) is 4.90 Å². The van der Waals surface area contributed by atoms with Gasteiger partial charge in [0.1, 0.15) is 5.75 Å². The van der Waals surface area contributed by atoms with Crippen molar-refractivity contribution in [2.75, 3.05) is 33.9 Å². The van der Waals surface area contributed by atoms with E-state index in [-0.39, 0.29) is 12.1 Å². The van der Waals surface area contributed by atoms with Crippen molar-refractivity contribution in [2.24, 2.45) is 0 Å². The molecule has 1 fully saturated rings. The molecular formula is C17H26N2O3. The Kier molecular flexibility index (Phi) is 6.07. The standard InChI is InChI=1S/C17H26N2O3/c1-4-22-17(20)18(2)15-9-11-19(12-10-15)13-14-7-5-6-8-16(14)21-3/h5-8,15H,4,9-13H2,1-3H3. The Morgan fingerprint density at radius 1 is 1.32 bits per heavy atom. The molecule has 5 nitrogen and oxygen atoms in total. The lowest BCUT2D eigenvalue weighted by Crippen LogP contribution is -2.45. The van der Waals surface area contributed by atoms with Gasteiger partial charge in [0.25, 0.3) is 0 Å². The first-order chi connectivity index (χ1) is 10.7. The number of piperidine rings is 1. The molecule has 2 rings (SSSR count). The molecule has 0 aromatic heterocycles. The Bertz CT molecular complexity index is 485. The molecule has 122 valence electrons. The molecule has 1 aliphatic rings. The number of carbonyl (C=O) groups excluding carboxylic acids is 1. The quantitative estimate of drug-likeness (QED) is 0.839. The summed E-state index contributed by atoms with van der Waals surface area (Å²) in [4.78, 5) is 15.9. The maximum absolute atomic E-state index is 11.8. The van der Waals surface area contributed by atoms with E-state index in [2.05, 4.69) is 11.0 Å². The molecule has 0 bridgehead atoms. The van der Waals surface area contributed by atoms with Crippen molar-refractivity contribution in [1.82, 2.24) is 9.80 Å². The van der Waals surface area contributed by atoms with E-state index in [9.17, 15) is 4.79 Å². The second-order valence-electron chi connectivity index (χ2n) is 5.63. The van der Waals surface area contributed by atoms with Gasteiger partial charge in [-0.2, -0.15) is 0 Å². The third kappa shape index (κ3) is 4.13. The van der Waals surface area contributed by atoms with Gasteiger partial charge in [0.05, 0.1) is 13.7 Å². The lowest BCUT2D eigenvalue weighted by molar-refractivity contribution is 0.0788. The molecule has 5 heteroatoms. The van der Waals surface area contributed by atoms with Crippen molar-refractivity contribution in [1.29, 1.82) is 0 Å². The van der Waals surface area contributed by atoms with Crippen molar-refractivity contribution < 1.29 is 14.3 Å². The zero-order valence-electron chi connectivity index (χ0n) is 13.7. The second kappa shape index (κ2) is 8.03. The SMILES string of the molecule is CCOC(=O)N(C)C1CCN(Cc2ccccc2OC)CC1. The molecule has 0 unspecified atom stereocenters. The summed E-state index contributed by atoms with van der Waals surface area (Å²) in [5.74, 6) is 0.938. The molecule has 0 radical (unpaired) electrons. The van der Waals surface area contributed by atoms with Crippen molar-refractivity contribution in [3.63, 3.8) is 0 Å². The summed E-state index contributed by atoms with van der Waals surface area (Å²) in [5, 5.41) is 0. The van der Waals surface area contributed by atoms with E-state index in [1.165, 1.54) is 5.56 Å². The van der Waals surface area contributed by atoms with Crippen LogP contribution in [-0.2, 0) is 11.3 Å². The normalized spacial score (nSPS) is 16.3. The molecule has 0 aliphatic carbocycles. The third-order valence-electron chi connectivity index (χ3n) is 4.25. The van der Waals surface area contributed by atoms with Crippen LogP contribution in [0.2, 0.25) is 0 Å². The monoisotopic (exact) mass is 306 g/mol. The summed E-state index contributed by atoms with van der Waals surface area (Å²) in [5.41, 5.74) is 1.21. The highest BCUT2D eigenvalue weighted by Gasteiger charge is 2.26. The molecule has 1 saturated heterocycles. The largest absolute Gasteiger partial charge is 0.496 e. The number of amides is 1. The van der Waals surface area contributed by atoms with Crippen molar-refractivity contribution in [2.45, 2.75) is 32.4 Å². The van der Waals surface area contributed by atoms with Crippen LogP contribution < -0.4 is 4.74 Å². The van der Waals surface area contributed by atoms with Crippen LogP contribution in [0.5, 0.6) is 5.75 Å². The van der Waals surface area contributed by atoms with Crippen LogP contribution in [0.25, 0.3) is 0 Å². The van der Waals surface area contributed by atoms with Gasteiger partial charge >= 0.3 is 6.09 Å². The Labute approximate surface area is 132 Å². The first kappa shape index (κ1) is 16.6. The van der Waals surface area contributed by atoms with Gasteiger partial charge in [0.2, 0.25) is 0 Å². The molecule has 1 heterocycles. The van der Waals surface area contributed by atoms with Gasteiger partial charge in [-0.1, -0.05) is 18.2 Å². The van der Waals surface area contributed by atoms with E-state index in [1.807, 2.05) is 32.2 Å². The second-order valence-corrected chi connectivity index (χ2v) is 5.63. The smallest absolute Gasteiger partial charge is 0.409 e. The predicted octanol–water partition coefficient (Wildman–Crippen LogP) is 2.75. The lowest BCUT2D eigenvalue weighted by atomic mass is 10.0. The van der Waals surface area contributed by atoms with Crippen molar-refractivity contribution >= 4 is 6.09 Å². The summed E-state index contributed by atoms with van der Waals surface area (Å²) < 4.78 is 10.5. The van der Waals surface area contributed by atoms with E-state index in [0.29, 0.717) is 6.61 Å². The van der Waals surface area contributed by atoms with Crippen LogP contribution in [0.3, 0.4) is 0 Å². The van der Waals surface area contributed by atoms with Gasteiger partial charge in [-0.15, -0.1) is 0 Å². The van der Waals surface area contributed by atoms with Gasteiger partial charge in [-0.05, 0) is 25.8 Å². The fourth-order valence-electron chi connectivity index (χ4n) is 2.91. The Hall–Kier alpha value is -1.75. The first-order valence-corrected chi connectivity index (χ1v) is 7.89. The van der Waals surface area contributed by atoms with E-state index in [1.54, 1.807) is 12.0 Å². The number of para-hydroxylation sites is 1. The number of carbonyl (C=O) groups is 1. The molecule has 0 saturated carbocycles. The lowest BCUT2D eigenvalue weighted by Gasteiger charge is -2.36. The van der Waals surface area contributed by atoms with E-state index < -0.39 is 0 Å². The van der Waals surface area contributed by atoms with Crippen LogP contribution in [0, 0.1) is 0 Å². The van der Waals surface area contributed by atoms with E-state index >= 15 is 0 Å². The maximum Gasteiger partial charge on any atom is 0.409 e. The molecule has 1 aromatic rings. The molecule has 1 aliphatic heterocycles. The van der Waals surface area contributed by atoms with E-state index in [4.69, 9.17) is 9.47 Å². The number of ether oxygens (including phenoxy) is 2. The number of hydrogen-bond donors (Lipinski definition) is 0. The topological polar surface area (TPSA) is 42.0 Å². The Morgan fingerprint density at radius 3 is 2.64 bits per heavy atom. The molecular weight excluding hydrogens is 280 g/mol. The van der Waals surface area contributed by atoms with Gasteiger partial charge in [0, 0.05) is 38.3 Å². The minimum absolute atomic E-state index is 0.217. The highest BCUT2D eigenvalue weighted by atomic mass is 16.6. The summed E-state index contributed by atoms with van der Waals surface area (Å²) in [6.07, 6.45) is 1.74. The number of hydrogen-bond acceptors (Lipinski definition) is 4. The van der Waals surface area contributed by atoms with Gasteiger partial charge in [0.15, 0.2) is 0 Å². The van der Waals surface area contributed by atoms with Gasteiger partial charge in [-0.25, -0.2) is 4.79 Å². The molecule has 0 spiro atoms. The van der Waals surface area contributed by atoms with Crippen molar-refractivity contribution in [3.05, 3.63) is 29.8 Å². The van der Waals surface area contributed by atoms with Crippen LogP contribution in [0.1, 0.15) is 25.3 Å². The number of likely N-dealkylation sites (tertiary alicyclic amines) is 1. The average Bonchev–Trinajstić information content (AvgIpc) is 2.55. The Morgan fingerprint density at radius 2 is 2.00 bits per heavy atom. The summed E-state index contributed by atoms with van der Waals surface area (Å²) >= 11 is 0. The average molecular weight is 306 g/mol. The first-order valence-electron chi connectivity index (χ1n) is 7.89. The molecule has 0 N–H and O–H groups in total. The van der Waals surface area contributed by atoms with Crippen LogP contribution in [-0.4, -0.2) is 55.8 Å². The van der Waals surface area contributed by atoms with Crippen LogP contribution in [0.15, 0.2) is 24.3 Å². The van der Waals surface area contributed by atoms with Gasteiger partial charge < -0.3 is 14.4 Å². The molecule has 22 heavy (non-hydrogen) atoms. The summed E-state index contributed by atoms with van der Waals surface area (Å²) in [6, 6.07) is 8.40. The minimum atomic E-state index is -0.217. The number of rotatable bonds is 5. The zero-order chi connectivity index (χ0) is 15.9. The zero-order valence-corrected chi connectivity index (χ0v) is 13.7. The fraction of sp³-hybridized carbons (Fsp3) is 0.588. The highest BCUT2D eigenvalue weighted by molar-refractivity contribution is 5.67. The van der Waals surface area contributed by atoms with Crippen molar-refractivity contribution in [3.8, 4) is 5.75 Å². The number of methoxy groups -OCH3 is 1. The minimum Gasteiger partial charge on any atom is -0.496 e. The summed E-state index contributed by atoms with van der Waals surface area (Å²) in [7, 11) is 3.54. The number of benzene rings is 1. The highest BCUT2D eigenvalue weighted by Crippen LogP contribution is 2.22. The number of nitrogens with zero attached hydrogens (tertiary/aromatic N) is 2. The predicted molar refractivity (Wildman–Crippen MR) is 86.1 cm³/mol. The Balaban J connectivity index is 1.86. The summed E-state index contributed by atoms with van der Waals surface area (Å²) in [6.45, 7) is 5.11. The fourth-order valence-corrected chi connectivity index (χ4v) is 2.91. The molecule has 0 atom stereocenters. The van der Waals surface area contributed by atoms with Crippen LogP contribution in [0.4, 0.5) is 4.79 Å².